The average molecular weight is 190 g/mol. The summed E-state index contributed by atoms with van der Waals surface area (Å²) in [4.78, 5) is 0. The second kappa shape index (κ2) is 4.63. The maximum Gasteiger partial charge on any atom is -0.0302 e. The van der Waals surface area contributed by atoms with Crippen molar-refractivity contribution in [3.8, 4) is 0 Å². The van der Waals surface area contributed by atoms with Crippen LogP contribution in [0.1, 0.15) is 48.6 Å². The van der Waals surface area contributed by atoms with Crippen molar-refractivity contribution >= 4 is 0 Å². The lowest BCUT2D eigenvalue weighted by Gasteiger charge is -2.16. The van der Waals surface area contributed by atoms with E-state index in [1.54, 1.807) is 5.56 Å². The van der Waals surface area contributed by atoms with Gasteiger partial charge >= 0.3 is 0 Å². The van der Waals surface area contributed by atoms with Crippen molar-refractivity contribution in [1.29, 1.82) is 0 Å². The predicted molar refractivity (Wildman–Crippen MR) is 64.1 cm³/mol. The third-order valence-electron chi connectivity index (χ3n) is 3.33. The van der Waals surface area contributed by atoms with E-state index in [0.717, 1.165) is 12.8 Å². The van der Waals surface area contributed by atoms with Gasteiger partial charge < -0.3 is 0 Å². The zero-order valence-electron chi connectivity index (χ0n) is 10.2. The van der Waals surface area contributed by atoms with Crippen molar-refractivity contribution in [2.24, 2.45) is 0 Å². The van der Waals surface area contributed by atoms with Gasteiger partial charge in [0.15, 0.2) is 0 Å². The Morgan fingerprint density at radius 2 is 1.21 bits per heavy atom. The lowest BCUT2D eigenvalue weighted by Crippen LogP contribution is -2.01. The Kier molecular flexibility index (Phi) is 3.74. The molecule has 0 heterocycles. The van der Waals surface area contributed by atoms with Crippen molar-refractivity contribution in [1.82, 2.24) is 0 Å². The summed E-state index contributed by atoms with van der Waals surface area (Å²) in [5.41, 5.74) is 7.67. The average Bonchev–Trinajstić information content (AvgIpc) is 2.19. The normalized spacial score (nSPS) is 10.6. The monoisotopic (exact) mass is 190 g/mol. The molecule has 0 radical (unpaired) electrons. The van der Waals surface area contributed by atoms with Crippen molar-refractivity contribution in [2.45, 2.75) is 53.9 Å². The molecule has 0 aliphatic rings. The van der Waals surface area contributed by atoms with Gasteiger partial charge in [0.25, 0.3) is 0 Å². The summed E-state index contributed by atoms with van der Waals surface area (Å²) >= 11 is 0. The first kappa shape index (κ1) is 11.3. The van der Waals surface area contributed by atoms with Crippen LogP contribution in [-0.2, 0) is 19.3 Å². The van der Waals surface area contributed by atoms with Gasteiger partial charge in [0.1, 0.15) is 0 Å². The highest BCUT2D eigenvalue weighted by atomic mass is 14.1. The largest absolute Gasteiger partial charge is 0.0613 e. The van der Waals surface area contributed by atoms with Crippen LogP contribution in [0.5, 0.6) is 0 Å². The van der Waals surface area contributed by atoms with Crippen molar-refractivity contribution in [3.05, 3.63) is 33.9 Å². The molecule has 0 aromatic heterocycles. The molecule has 0 saturated carbocycles. The molecule has 14 heavy (non-hydrogen) atoms. The number of rotatable bonds is 3. The number of benzene rings is 1. The lowest BCUT2D eigenvalue weighted by molar-refractivity contribution is 0.985. The highest BCUT2D eigenvalue weighted by molar-refractivity contribution is 5.45. The Morgan fingerprint density at radius 3 is 1.50 bits per heavy atom. The Bertz CT molecular complexity index is 293. The van der Waals surface area contributed by atoms with E-state index < -0.39 is 0 Å². The molecule has 0 unspecified atom stereocenters. The summed E-state index contributed by atoms with van der Waals surface area (Å²) in [5, 5.41) is 0. The quantitative estimate of drug-likeness (QED) is 0.676. The Morgan fingerprint density at radius 1 is 0.786 bits per heavy atom. The van der Waals surface area contributed by atoms with E-state index in [2.05, 4.69) is 40.7 Å². The fourth-order valence-corrected chi connectivity index (χ4v) is 2.36. The molecule has 0 saturated heterocycles. The van der Waals surface area contributed by atoms with Crippen LogP contribution in [0.3, 0.4) is 0 Å². The summed E-state index contributed by atoms with van der Waals surface area (Å²) in [6.45, 7) is 11.3. The van der Waals surface area contributed by atoms with Gasteiger partial charge in [-0.3, -0.25) is 0 Å². The Labute approximate surface area is 88.4 Å². The maximum atomic E-state index is 2.39. The van der Waals surface area contributed by atoms with E-state index in [1.165, 1.54) is 28.7 Å². The molecule has 0 nitrogen and oxygen atoms in total. The highest BCUT2D eigenvalue weighted by Gasteiger charge is 2.08. The van der Waals surface area contributed by atoms with Crippen LogP contribution < -0.4 is 0 Å². The van der Waals surface area contributed by atoms with Crippen LogP contribution in [0.25, 0.3) is 0 Å². The Balaban J connectivity index is 3.39. The van der Waals surface area contributed by atoms with Crippen molar-refractivity contribution in [2.75, 3.05) is 0 Å². The predicted octanol–water partition coefficient (Wildman–Crippen LogP) is 3.99. The van der Waals surface area contributed by atoms with Gasteiger partial charge in [-0.25, -0.2) is 0 Å². The molecule has 0 heteroatoms. The maximum absolute atomic E-state index is 2.39. The first-order chi connectivity index (χ1) is 6.65. The number of hydrogen-bond acceptors (Lipinski definition) is 0. The van der Waals surface area contributed by atoms with Gasteiger partial charge in [0, 0.05) is 0 Å². The first-order valence-corrected chi connectivity index (χ1v) is 5.76. The van der Waals surface area contributed by atoms with E-state index in [-0.39, 0.29) is 0 Å². The van der Waals surface area contributed by atoms with Gasteiger partial charge in [-0.05, 0) is 60.9 Å². The summed E-state index contributed by atoms with van der Waals surface area (Å²) < 4.78 is 0. The molecule has 1 aromatic carbocycles. The summed E-state index contributed by atoms with van der Waals surface area (Å²) in [5.74, 6) is 0. The van der Waals surface area contributed by atoms with E-state index in [0.29, 0.717) is 0 Å². The van der Waals surface area contributed by atoms with E-state index in [9.17, 15) is 0 Å². The molecule has 1 rings (SSSR count). The molecule has 78 valence electrons. The molecule has 0 aliphatic carbocycles. The third kappa shape index (κ3) is 1.84. The molecule has 0 amide bonds. The number of aryl methyl sites for hydroxylation is 2. The zero-order chi connectivity index (χ0) is 10.7. The fourth-order valence-electron chi connectivity index (χ4n) is 2.36. The summed E-state index contributed by atoms with van der Waals surface area (Å²) in [7, 11) is 0. The van der Waals surface area contributed by atoms with Crippen molar-refractivity contribution < 1.29 is 0 Å². The zero-order valence-corrected chi connectivity index (χ0v) is 10.2. The van der Waals surface area contributed by atoms with E-state index in [1.807, 2.05) is 0 Å². The lowest BCUT2D eigenvalue weighted by atomic mass is 9.90. The van der Waals surface area contributed by atoms with Crippen LogP contribution in [0, 0.1) is 13.8 Å². The molecular formula is C14H22. The molecule has 0 spiro atoms. The van der Waals surface area contributed by atoms with Crippen LogP contribution in [0.4, 0.5) is 0 Å². The third-order valence-corrected chi connectivity index (χ3v) is 3.33. The topological polar surface area (TPSA) is 0 Å². The fraction of sp³-hybridized carbons (Fsp3) is 0.571. The number of hydrogen-bond donors (Lipinski definition) is 0. The van der Waals surface area contributed by atoms with Gasteiger partial charge in [-0.1, -0.05) is 26.8 Å². The second-order valence-corrected chi connectivity index (χ2v) is 3.98. The minimum absolute atomic E-state index is 1.16. The van der Waals surface area contributed by atoms with Gasteiger partial charge in [0.05, 0.1) is 0 Å². The van der Waals surface area contributed by atoms with Crippen LogP contribution in [-0.4, -0.2) is 0 Å². The molecular weight excluding hydrogens is 168 g/mol. The molecule has 0 atom stereocenters. The summed E-state index contributed by atoms with van der Waals surface area (Å²) in [6, 6.07) is 2.39. The minimum Gasteiger partial charge on any atom is -0.0613 e. The molecule has 0 fully saturated rings. The van der Waals surface area contributed by atoms with Crippen LogP contribution >= 0.6 is 0 Å². The summed E-state index contributed by atoms with van der Waals surface area (Å²) in [6.07, 6.45) is 3.48. The SMILES string of the molecule is CCc1cc(CC)c(C)c(CC)c1C. The highest BCUT2D eigenvalue weighted by Crippen LogP contribution is 2.23. The Hall–Kier alpha value is -0.780. The van der Waals surface area contributed by atoms with Crippen LogP contribution in [0.2, 0.25) is 0 Å². The van der Waals surface area contributed by atoms with Crippen molar-refractivity contribution in [3.63, 3.8) is 0 Å². The standard InChI is InChI=1S/C14H22/c1-6-12-9-13(7-2)11(5)14(8-3)10(12)4/h9H,6-8H2,1-5H3. The molecule has 1 aromatic rings. The van der Waals surface area contributed by atoms with E-state index in [4.69, 9.17) is 0 Å². The first-order valence-electron chi connectivity index (χ1n) is 5.76. The molecule has 0 bridgehead atoms. The molecule has 0 aliphatic heterocycles. The van der Waals surface area contributed by atoms with Gasteiger partial charge in [0.2, 0.25) is 0 Å². The van der Waals surface area contributed by atoms with Crippen LogP contribution in [0.15, 0.2) is 6.07 Å². The van der Waals surface area contributed by atoms with Gasteiger partial charge in [-0.15, -0.1) is 0 Å². The minimum atomic E-state index is 1.16. The second-order valence-electron chi connectivity index (χ2n) is 3.98. The smallest absolute Gasteiger partial charge is 0.0302 e. The van der Waals surface area contributed by atoms with Gasteiger partial charge in [-0.2, -0.15) is 0 Å². The molecule has 0 N–H and O–H groups in total. The van der Waals surface area contributed by atoms with E-state index >= 15 is 0 Å².